The first-order valence-corrected chi connectivity index (χ1v) is 9.73. The number of alkyl halides is 3. The molecule has 29 heavy (non-hydrogen) atoms. The molecule has 4 atom stereocenters. The molecule has 0 aromatic heterocycles. The molecule has 0 radical (unpaired) electrons. The number of aliphatic imine (C=N–C) groups is 1. The van der Waals surface area contributed by atoms with E-state index in [2.05, 4.69) is 18.5 Å². The summed E-state index contributed by atoms with van der Waals surface area (Å²) in [4.78, 5) is 16.0. The van der Waals surface area contributed by atoms with E-state index in [-0.39, 0.29) is 11.9 Å². The SMILES string of the molecule is C=CC(=O)N1CC(F)(F)C1.CC1C2SC(N)=NC(c3cc(N)ccc3F)C12.CF. The highest BCUT2D eigenvalue weighted by atomic mass is 32.2. The Morgan fingerprint density at radius 1 is 1.34 bits per heavy atom. The second-order valence-electron chi connectivity index (χ2n) is 6.97. The van der Waals surface area contributed by atoms with E-state index in [0.29, 0.717) is 40.7 Å². The van der Waals surface area contributed by atoms with E-state index in [1.54, 1.807) is 23.9 Å². The number of carbonyl (C=O) groups excluding carboxylic acids is 1. The van der Waals surface area contributed by atoms with Crippen molar-refractivity contribution in [1.82, 2.24) is 4.90 Å². The first-order chi connectivity index (χ1) is 13.6. The number of nitrogens with zero attached hydrogens (tertiary/aromatic N) is 2. The fourth-order valence-electron chi connectivity index (χ4n) is 3.36. The Morgan fingerprint density at radius 2 is 1.97 bits per heavy atom. The molecule has 1 amide bonds. The number of hydrogen-bond donors (Lipinski definition) is 2. The third-order valence-corrected chi connectivity index (χ3v) is 6.28. The van der Waals surface area contributed by atoms with Gasteiger partial charge in [-0.05, 0) is 30.2 Å². The number of amides is 1. The predicted octanol–water partition coefficient (Wildman–Crippen LogP) is 3.38. The maximum atomic E-state index is 13.8. The minimum Gasteiger partial charge on any atom is -0.399 e. The zero-order valence-electron chi connectivity index (χ0n) is 16.1. The topological polar surface area (TPSA) is 84.7 Å². The Kier molecular flexibility index (Phi) is 7.20. The predicted molar refractivity (Wildman–Crippen MR) is 108 cm³/mol. The quantitative estimate of drug-likeness (QED) is 0.426. The van der Waals surface area contributed by atoms with Crippen molar-refractivity contribution in [2.75, 3.05) is 26.0 Å². The van der Waals surface area contributed by atoms with Gasteiger partial charge in [0.1, 0.15) is 5.82 Å². The van der Waals surface area contributed by atoms with Crippen molar-refractivity contribution >= 4 is 28.5 Å². The summed E-state index contributed by atoms with van der Waals surface area (Å²) in [6.07, 6.45) is 1.04. The summed E-state index contributed by atoms with van der Waals surface area (Å²) >= 11 is 1.61. The number of likely N-dealkylation sites (tertiary alicyclic amines) is 1. The summed E-state index contributed by atoms with van der Waals surface area (Å²) in [5.74, 6) is -2.41. The van der Waals surface area contributed by atoms with E-state index in [4.69, 9.17) is 11.5 Å². The molecule has 2 fully saturated rings. The van der Waals surface area contributed by atoms with E-state index in [1.807, 2.05) is 0 Å². The highest BCUT2D eigenvalue weighted by Gasteiger charge is 2.55. The fraction of sp³-hybridized carbons (Fsp3) is 0.474. The molecule has 1 saturated carbocycles. The monoisotopic (exact) mass is 432 g/mol. The number of anilines is 1. The fourth-order valence-corrected chi connectivity index (χ4v) is 4.68. The van der Waals surface area contributed by atoms with Gasteiger partial charge < -0.3 is 16.4 Å². The lowest BCUT2D eigenvalue weighted by atomic mass is 10.0. The minimum atomic E-state index is -2.67. The van der Waals surface area contributed by atoms with Gasteiger partial charge in [0.2, 0.25) is 5.91 Å². The minimum absolute atomic E-state index is 0.167. The lowest BCUT2D eigenvalue weighted by molar-refractivity contribution is -0.160. The first-order valence-electron chi connectivity index (χ1n) is 8.85. The number of hydrogen-bond acceptors (Lipinski definition) is 5. The maximum Gasteiger partial charge on any atom is 0.282 e. The smallest absolute Gasteiger partial charge is 0.282 e. The summed E-state index contributed by atoms with van der Waals surface area (Å²) in [6.45, 7) is 4.41. The standard InChI is InChI=1S/C12H14FN3S.C6H7F2NO.CH3F/c1-5-9-10(16-12(15)17-11(5)9)7-4-6(14)2-3-8(7)13;1-2-5(10)9-3-6(7,8)4-9;1-2/h2-5,9-11H,14H2,1H3,(H2,15,16);2H,1,3-4H2;1H3. The van der Waals surface area contributed by atoms with Gasteiger partial charge in [0.05, 0.1) is 26.3 Å². The van der Waals surface area contributed by atoms with Gasteiger partial charge in [-0.2, -0.15) is 0 Å². The van der Waals surface area contributed by atoms with Gasteiger partial charge in [0, 0.05) is 22.4 Å². The van der Waals surface area contributed by atoms with Gasteiger partial charge >= 0.3 is 0 Å². The maximum absolute atomic E-state index is 13.8. The van der Waals surface area contributed by atoms with E-state index in [1.165, 1.54) is 6.07 Å². The largest absolute Gasteiger partial charge is 0.399 e. The van der Waals surface area contributed by atoms with Crippen LogP contribution in [0.15, 0.2) is 35.8 Å². The van der Waals surface area contributed by atoms with Crippen LogP contribution in [0.5, 0.6) is 0 Å². The van der Waals surface area contributed by atoms with Crippen LogP contribution in [0, 0.1) is 17.7 Å². The van der Waals surface area contributed by atoms with Crippen LogP contribution in [0.4, 0.5) is 23.2 Å². The lowest BCUT2D eigenvalue weighted by Crippen LogP contribution is -2.57. The molecule has 5 nitrogen and oxygen atoms in total. The number of nitrogen functional groups attached to an aromatic ring is 1. The molecule has 3 aliphatic rings. The molecule has 4 N–H and O–H groups in total. The number of fused-ring (bicyclic) bond motifs is 1. The first kappa shape index (κ1) is 23.1. The number of carbonyl (C=O) groups is 1. The van der Waals surface area contributed by atoms with E-state index >= 15 is 0 Å². The van der Waals surface area contributed by atoms with Crippen molar-refractivity contribution in [3.63, 3.8) is 0 Å². The van der Waals surface area contributed by atoms with Crippen molar-refractivity contribution in [2.45, 2.75) is 24.1 Å². The molecule has 1 aliphatic carbocycles. The van der Waals surface area contributed by atoms with Crippen LogP contribution in [0.1, 0.15) is 18.5 Å². The summed E-state index contributed by atoms with van der Waals surface area (Å²) < 4.78 is 47.4. The molecule has 2 heterocycles. The number of nitrogens with two attached hydrogens (primary N) is 2. The Balaban J connectivity index is 0.000000215. The van der Waals surface area contributed by atoms with Crippen molar-refractivity contribution in [1.29, 1.82) is 0 Å². The van der Waals surface area contributed by atoms with Crippen molar-refractivity contribution in [2.24, 2.45) is 22.6 Å². The average Bonchev–Trinajstić information content (AvgIpc) is 3.32. The Hall–Kier alpha value is -2.23. The van der Waals surface area contributed by atoms with E-state index < -0.39 is 24.9 Å². The number of amidine groups is 1. The number of halogens is 4. The molecule has 10 heteroatoms. The van der Waals surface area contributed by atoms with Crippen LogP contribution in [-0.4, -0.2) is 47.4 Å². The number of benzene rings is 1. The van der Waals surface area contributed by atoms with E-state index in [0.717, 1.165) is 11.0 Å². The number of thioether (sulfide) groups is 1. The molecule has 4 unspecified atom stereocenters. The van der Waals surface area contributed by atoms with Gasteiger partial charge in [-0.15, -0.1) is 0 Å². The van der Waals surface area contributed by atoms with Crippen molar-refractivity contribution in [3.05, 3.63) is 42.2 Å². The number of rotatable bonds is 2. The highest BCUT2D eigenvalue weighted by molar-refractivity contribution is 8.14. The van der Waals surface area contributed by atoms with Crippen molar-refractivity contribution in [3.8, 4) is 0 Å². The van der Waals surface area contributed by atoms with Gasteiger partial charge in [0.15, 0.2) is 5.17 Å². The zero-order chi connectivity index (χ0) is 21.9. The second kappa shape index (κ2) is 9.06. The Morgan fingerprint density at radius 3 is 2.52 bits per heavy atom. The molecule has 1 aromatic carbocycles. The second-order valence-corrected chi connectivity index (χ2v) is 8.16. The molecule has 0 spiro atoms. The molecule has 1 aromatic rings. The molecule has 1 saturated heterocycles. The molecular formula is C19H24F4N4OS. The zero-order valence-corrected chi connectivity index (χ0v) is 16.9. The van der Waals surface area contributed by atoms with Crippen LogP contribution < -0.4 is 11.5 Å². The summed E-state index contributed by atoms with van der Waals surface area (Å²) in [6, 6.07) is 4.48. The molecule has 0 bridgehead atoms. The summed E-state index contributed by atoms with van der Waals surface area (Å²) in [5, 5.41) is 1.04. The highest BCUT2D eigenvalue weighted by Crippen LogP contribution is 2.58. The van der Waals surface area contributed by atoms with Gasteiger partial charge in [-0.25, -0.2) is 13.2 Å². The van der Waals surface area contributed by atoms with Crippen molar-refractivity contribution < 1.29 is 22.4 Å². The summed E-state index contributed by atoms with van der Waals surface area (Å²) in [5.41, 5.74) is 12.6. The summed E-state index contributed by atoms with van der Waals surface area (Å²) in [7, 11) is 0.500. The third kappa shape index (κ3) is 5.23. The molecular weight excluding hydrogens is 408 g/mol. The van der Waals surface area contributed by atoms with Crippen LogP contribution in [-0.2, 0) is 4.79 Å². The van der Waals surface area contributed by atoms with Gasteiger partial charge in [-0.1, -0.05) is 25.3 Å². The van der Waals surface area contributed by atoms with Crippen LogP contribution >= 0.6 is 11.8 Å². The van der Waals surface area contributed by atoms with E-state index in [9.17, 15) is 22.4 Å². The van der Waals surface area contributed by atoms with Crippen LogP contribution in [0.3, 0.4) is 0 Å². The lowest BCUT2D eigenvalue weighted by Gasteiger charge is -2.37. The van der Waals surface area contributed by atoms with Crippen LogP contribution in [0.2, 0.25) is 0 Å². The molecule has 4 rings (SSSR count). The molecule has 160 valence electrons. The van der Waals surface area contributed by atoms with Gasteiger partial charge in [0.25, 0.3) is 5.92 Å². The molecule has 2 aliphatic heterocycles. The van der Waals surface area contributed by atoms with Crippen LogP contribution in [0.25, 0.3) is 0 Å². The Labute approximate surface area is 171 Å². The third-order valence-electron chi connectivity index (χ3n) is 4.92. The van der Waals surface area contributed by atoms with Gasteiger partial charge in [-0.3, -0.25) is 14.2 Å². The normalized spacial score (nSPS) is 28.2. The Bertz CT molecular complexity index is 796. The average molecular weight is 432 g/mol.